The van der Waals surface area contributed by atoms with Gasteiger partial charge in [-0.25, -0.2) is 0 Å². The topological polar surface area (TPSA) is 52.6 Å². The zero-order valence-electron chi connectivity index (χ0n) is 6.67. The van der Waals surface area contributed by atoms with E-state index in [0.717, 1.165) is 6.42 Å². The Morgan fingerprint density at radius 2 is 2.17 bits per heavy atom. The molecule has 2 fully saturated rings. The smallest absolute Gasteiger partial charge is 0.309 e. The largest absolute Gasteiger partial charge is 0.462 e. The van der Waals surface area contributed by atoms with E-state index in [-0.39, 0.29) is 24.8 Å². The molecule has 4 nitrogen and oxygen atoms in total. The third-order valence-electron chi connectivity index (χ3n) is 2.33. The molecule has 0 bridgehead atoms. The summed E-state index contributed by atoms with van der Waals surface area (Å²) in [5.41, 5.74) is -0.907. The maximum absolute atomic E-state index is 11.4. The van der Waals surface area contributed by atoms with Crippen LogP contribution in [-0.2, 0) is 19.1 Å². The summed E-state index contributed by atoms with van der Waals surface area (Å²) in [6, 6.07) is 0. The SMILES string of the molecule is O=C1CC2(CO1)OCCCC2=O. The van der Waals surface area contributed by atoms with E-state index in [0.29, 0.717) is 13.0 Å². The Bertz CT molecular complexity index is 235. The molecule has 0 amide bonds. The van der Waals surface area contributed by atoms with Gasteiger partial charge in [-0.05, 0) is 6.42 Å². The van der Waals surface area contributed by atoms with Crippen LogP contribution in [0.5, 0.6) is 0 Å². The summed E-state index contributed by atoms with van der Waals surface area (Å²) >= 11 is 0. The Morgan fingerprint density at radius 3 is 2.75 bits per heavy atom. The van der Waals surface area contributed by atoms with E-state index in [1.807, 2.05) is 0 Å². The van der Waals surface area contributed by atoms with Crippen LogP contribution in [0, 0.1) is 0 Å². The number of esters is 1. The molecular weight excluding hydrogens is 160 g/mol. The molecule has 4 heteroatoms. The zero-order chi connectivity index (χ0) is 8.60. The van der Waals surface area contributed by atoms with Crippen LogP contribution in [0.15, 0.2) is 0 Å². The van der Waals surface area contributed by atoms with Crippen LogP contribution in [0.25, 0.3) is 0 Å². The molecule has 1 unspecified atom stereocenters. The van der Waals surface area contributed by atoms with E-state index in [9.17, 15) is 9.59 Å². The summed E-state index contributed by atoms with van der Waals surface area (Å²) < 4.78 is 10.0. The molecule has 2 heterocycles. The van der Waals surface area contributed by atoms with Gasteiger partial charge in [0.2, 0.25) is 0 Å². The van der Waals surface area contributed by atoms with Gasteiger partial charge in [0.15, 0.2) is 11.4 Å². The summed E-state index contributed by atoms with van der Waals surface area (Å²) in [6.07, 6.45) is 1.37. The van der Waals surface area contributed by atoms with Gasteiger partial charge in [0.05, 0.1) is 6.42 Å². The van der Waals surface area contributed by atoms with Crippen LogP contribution < -0.4 is 0 Å². The summed E-state index contributed by atoms with van der Waals surface area (Å²) in [5.74, 6) is -0.315. The second-order valence-electron chi connectivity index (χ2n) is 3.21. The van der Waals surface area contributed by atoms with Crippen molar-refractivity contribution < 1.29 is 19.1 Å². The van der Waals surface area contributed by atoms with E-state index in [1.165, 1.54) is 0 Å². The van der Waals surface area contributed by atoms with Crippen molar-refractivity contribution in [2.45, 2.75) is 24.9 Å². The molecule has 0 aromatic rings. The molecule has 0 aromatic carbocycles. The highest BCUT2D eigenvalue weighted by Crippen LogP contribution is 2.30. The Balaban J connectivity index is 2.18. The highest BCUT2D eigenvalue weighted by atomic mass is 16.6. The lowest BCUT2D eigenvalue weighted by Crippen LogP contribution is -2.45. The highest BCUT2D eigenvalue weighted by Gasteiger charge is 2.48. The molecule has 0 radical (unpaired) electrons. The minimum atomic E-state index is -0.907. The minimum absolute atomic E-state index is 0.0135. The quantitative estimate of drug-likeness (QED) is 0.482. The van der Waals surface area contributed by atoms with Crippen molar-refractivity contribution in [1.82, 2.24) is 0 Å². The second kappa shape index (κ2) is 2.55. The molecule has 0 aromatic heterocycles. The molecule has 2 aliphatic heterocycles. The lowest BCUT2D eigenvalue weighted by Gasteiger charge is -2.28. The van der Waals surface area contributed by atoms with E-state index in [2.05, 4.69) is 0 Å². The summed E-state index contributed by atoms with van der Waals surface area (Å²) in [7, 11) is 0. The Labute approximate surface area is 69.8 Å². The summed E-state index contributed by atoms with van der Waals surface area (Å²) in [4.78, 5) is 22.2. The number of carbonyl (C=O) groups excluding carboxylic acids is 2. The van der Waals surface area contributed by atoms with Gasteiger partial charge in [-0.15, -0.1) is 0 Å². The van der Waals surface area contributed by atoms with Crippen molar-refractivity contribution in [3.63, 3.8) is 0 Å². The maximum Gasteiger partial charge on any atom is 0.309 e. The van der Waals surface area contributed by atoms with Gasteiger partial charge < -0.3 is 9.47 Å². The maximum atomic E-state index is 11.4. The van der Waals surface area contributed by atoms with E-state index >= 15 is 0 Å². The fourth-order valence-electron chi connectivity index (χ4n) is 1.61. The zero-order valence-corrected chi connectivity index (χ0v) is 6.67. The fraction of sp³-hybridized carbons (Fsp3) is 0.750. The lowest BCUT2D eigenvalue weighted by atomic mass is 9.91. The molecule has 2 saturated heterocycles. The Morgan fingerprint density at radius 1 is 1.33 bits per heavy atom. The van der Waals surface area contributed by atoms with Crippen LogP contribution in [0.4, 0.5) is 0 Å². The van der Waals surface area contributed by atoms with Gasteiger partial charge >= 0.3 is 5.97 Å². The number of carbonyl (C=O) groups is 2. The fourth-order valence-corrected chi connectivity index (χ4v) is 1.61. The Hall–Kier alpha value is -0.900. The van der Waals surface area contributed by atoms with Gasteiger partial charge in [0.1, 0.15) is 6.61 Å². The van der Waals surface area contributed by atoms with Crippen LogP contribution >= 0.6 is 0 Å². The van der Waals surface area contributed by atoms with Crippen molar-refractivity contribution in [1.29, 1.82) is 0 Å². The van der Waals surface area contributed by atoms with Crippen LogP contribution in [0.2, 0.25) is 0 Å². The van der Waals surface area contributed by atoms with Crippen LogP contribution in [0.3, 0.4) is 0 Å². The van der Waals surface area contributed by atoms with E-state index in [4.69, 9.17) is 9.47 Å². The number of ether oxygens (including phenoxy) is 2. The first-order valence-electron chi connectivity index (χ1n) is 4.06. The first-order chi connectivity index (χ1) is 5.73. The number of rotatable bonds is 0. The van der Waals surface area contributed by atoms with Crippen LogP contribution in [-0.4, -0.2) is 30.6 Å². The summed E-state index contributed by atoms with van der Waals surface area (Å²) in [5, 5.41) is 0. The number of hydrogen-bond acceptors (Lipinski definition) is 4. The average molecular weight is 170 g/mol. The van der Waals surface area contributed by atoms with Gasteiger partial charge in [-0.3, -0.25) is 9.59 Å². The molecule has 66 valence electrons. The van der Waals surface area contributed by atoms with Gasteiger partial charge in [0, 0.05) is 13.0 Å². The standard InChI is InChI=1S/C8H10O4/c9-6-2-1-3-12-8(6)4-7(10)11-5-8/h1-5H2. The Kier molecular flexibility index (Phi) is 1.65. The number of Topliss-reactive ketones (excluding diaryl/α,β-unsaturated/α-hetero) is 1. The molecule has 0 N–H and O–H groups in total. The predicted octanol–water partition coefficient (Wildman–Crippen LogP) is 0.0516. The third-order valence-corrected chi connectivity index (χ3v) is 2.33. The molecular formula is C8H10O4. The van der Waals surface area contributed by atoms with Gasteiger partial charge in [0.25, 0.3) is 0 Å². The summed E-state index contributed by atoms with van der Waals surface area (Å²) in [6.45, 7) is 0.674. The van der Waals surface area contributed by atoms with Gasteiger partial charge in [-0.1, -0.05) is 0 Å². The highest BCUT2D eigenvalue weighted by molar-refractivity contribution is 5.94. The van der Waals surface area contributed by atoms with E-state index in [1.54, 1.807) is 0 Å². The molecule has 1 atom stereocenters. The first-order valence-corrected chi connectivity index (χ1v) is 4.06. The average Bonchev–Trinajstić information content (AvgIpc) is 2.41. The number of hydrogen-bond donors (Lipinski definition) is 0. The van der Waals surface area contributed by atoms with Crippen LogP contribution in [0.1, 0.15) is 19.3 Å². The number of cyclic esters (lactones) is 1. The van der Waals surface area contributed by atoms with Crippen molar-refractivity contribution >= 4 is 11.8 Å². The minimum Gasteiger partial charge on any atom is -0.462 e. The third kappa shape index (κ3) is 1.03. The van der Waals surface area contributed by atoms with Crippen molar-refractivity contribution in [2.24, 2.45) is 0 Å². The molecule has 1 spiro atoms. The second-order valence-corrected chi connectivity index (χ2v) is 3.21. The molecule has 0 aliphatic carbocycles. The van der Waals surface area contributed by atoms with E-state index < -0.39 is 5.60 Å². The normalized spacial score (nSPS) is 35.7. The number of ketones is 1. The molecule has 2 rings (SSSR count). The lowest BCUT2D eigenvalue weighted by molar-refractivity contribution is -0.152. The predicted molar refractivity (Wildman–Crippen MR) is 38.5 cm³/mol. The van der Waals surface area contributed by atoms with Gasteiger partial charge in [-0.2, -0.15) is 0 Å². The van der Waals surface area contributed by atoms with Crippen molar-refractivity contribution in [3.8, 4) is 0 Å². The molecule has 0 saturated carbocycles. The van der Waals surface area contributed by atoms with Crippen molar-refractivity contribution in [3.05, 3.63) is 0 Å². The first kappa shape index (κ1) is 7.73. The molecule has 12 heavy (non-hydrogen) atoms. The molecule has 2 aliphatic rings. The monoisotopic (exact) mass is 170 g/mol. The van der Waals surface area contributed by atoms with Crippen molar-refractivity contribution in [2.75, 3.05) is 13.2 Å².